The zero-order chi connectivity index (χ0) is 20.3. The molecule has 0 unspecified atom stereocenters. The number of carbonyl (C=O) groups is 1. The second kappa shape index (κ2) is 8.18. The molecule has 2 aromatic carbocycles. The van der Waals surface area contributed by atoms with Gasteiger partial charge in [0.2, 0.25) is 5.91 Å². The summed E-state index contributed by atoms with van der Waals surface area (Å²) in [6, 6.07) is 9.16. The molecule has 1 saturated heterocycles. The maximum absolute atomic E-state index is 13.8. The van der Waals surface area contributed by atoms with Crippen molar-refractivity contribution in [2.75, 3.05) is 43.4 Å². The molecule has 4 nitrogen and oxygen atoms in total. The lowest BCUT2D eigenvalue weighted by atomic mass is 10.1. The molecule has 0 saturated carbocycles. The first-order chi connectivity index (χ1) is 13.2. The number of hydrogen-bond acceptors (Lipinski definition) is 3. The number of hydrogen-bond donors (Lipinski definition) is 1. The largest absolute Gasteiger partial charge is 0.416 e. The number of nitrogens with zero attached hydrogens (tertiary/aromatic N) is 2. The monoisotopic (exact) mass is 395 g/mol. The molecule has 28 heavy (non-hydrogen) atoms. The highest BCUT2D eigenvalue weighted by molar-refractivity contribution is 5.95. The van der Waals surface area contributed by atoms with Gasteiger partial charge in [-0.1, -0.05) is 18.2 Å². The van der Waals surface area contributed by atoms with E-state index in [4.69, 9.17) is 0 Å². The van der Waals surface area contributed by atoms with Crippen LogP contribution in [0.1, 0.15) is 11.1 Å². The molecule has 1 N–H and O–H groups in total. The quantitative estimate of drug-likeness (QED) is 0.801. The van der Waals surface area contributed by atoms with Crippen LogP contribution >= 0.6 is 0 Å². The van der Waals surface area contributed by atoms with Gasteiger partial charge < -0.3 is 15.1 Å². The fraction of sp³-hybridized carbons (Fsp3) is 0.350. The molecule has 1 amide bonds. The van der Waals surface area contributed by atoms with Crippen molar-refractivity contribution in [1.82, 2.24) is 4.90 Å². The lowest BCUT2D eigenvalue weighted by Crippen LogP contribution is -2.44. The van der Waals surface area contributed by atoms with E-state index in [1.54, 1.807) is 6.07 Å². The summed E-state index contributed by atoms with van der Waals surface area (Å²) in [6.45, 7) is 2.81. The van der Waals surface area contributed by atoms with E-state index < -0.39 is 23.5 Å². The summed E-state index contributed by atoms with van der Waals surface area (Å²) in [5.74, 6) is -1.10. The average molecular weight is 395 g/mol. The van der Waals surface area contributed by atoms with Crippen molar-refractivity contribution in [3.05, 3.63) is 59.4 Å². The van der Waals surface area contributed by atoms with Crippen LogP contribution < -0.4 is 10.2 Å². The van der Waals surface area contributed by atoms with Crippen LogP contribution in [0.4, 0.5) is 28.9 Å². The zero-order valence-corrected chi connectivity index (χ0v) is 15.4. The Bertz CT molecular complexity index is 846. The molecule has 0 bridgehead atoms. The predicted molar refractivity (Wildman–Crippen MR) is 99.9 cm³/mol. The van der Waals surface area contributed by atoms with Gasteiger partial charge in [0, 0.05) is 26.2 Å². The van der Waals surface area contributed by atoms with E-state index in [9.17, 15) is 22.4 Å². The fourth-order valence-corrected chi connectivity index (χ4v) is 3.14. The highest BCUT2D eigenvalue weighted by Crippen LogP contribution is 2.36. The molecule has 2 aromatic rings. The predicted octanol–water partition coefficient (Wildman–Crippen LogP) is 3.78. The number of benzene rings is 2. The zero-order valence-electron chi connectivity index (χ0n) is 15.4. The third-order valence-corrected chi connectivity index (χ3v) is 4.75. The van der Waals surface area contributed by atoms with Gasteiger partial charge in [-0.15, -0.1) is 0 Å². The SMILES string of the molecule is CN1CCN(c2ccc(C(F)(F)F)cc2NC(=O)Cc2ccccc2F)CC1. The molecule has 0 spiro atoms. The lowest BCUT2D eigenvalue weighted by Gasteiger charge is -2.35. The minimum Gasteiger partial charge on any atom is -0.367 e. The van der Waals surface area contributed by atoms with Gasteiger partial charge in [0.15, 0.2) is 0 Å². The fourth-order valence-electron chi connectivity index (χ4n) is 3.14. The van der Waals surface area contributed by atoms with Crippen LogP contribution in [0.2, 0.25) is 0 Å². The van der Waals surface area contributed by atoms with Gasteiger partial charge in [-0.05, 0) is 36.9 Å². The molecule has 1 aliphatic rings. The van der Waals surface area contributed by atoms with Gasteiger partial charge in [-0.25, -0.2) is 4.39 Å². The van der Waals surface area contributed by atoms with Crippen LogP contribution in [0.3, 0.4) is 0 Å². The van der Waals surface area contributed by atoms with Gasteiger partial charge >= 0.3 is 6.18 Å². The number of piperazine rings is 1. The Labute approximate surface area is 160 Å². The summed E-state index contributed by atoms with van der Waals surface area (Å²) in [5, 5.41) is 2.55. The molecule has 0 atom stereocenters. The van der Waals surface area contributed by atoms with Crippen LogP contribution in [0.25, 0.3) is 0 Å². The molecule has 150 valence electrons. The molecule has 8 heteroatoms. The number of nitrogens with one attached hydrogen (secondary N) is 1. The summed E-state index contributed by atoms with van der Waals surface area (Å²) in [7, 11) is 1.97. The summed E-state index contributed by atoms with van der Waals surface area (Å²) < 4.78 is 53.2. The number of carbonyl (C=O) groups excluding carboxylic acids is 1. The highest BCUT2D eigenvalue weighted by Gasteiger charge is 2.32. The van der Waals surface area contributed by atoms with Crippen molar-refractivity contribution in [1.29, 1.82) is 0 Å². The second-order valence-electron chi connectivity index (χ2n) is 6.84. The third-order valence-electron chi connectivity index (χ3n) is 4.75. The first-order valence-corrected chi connectivity index (χ1v) is 8.92. The van der Waals surface area contributed by atoms with Crippen LogP contribution in [0.15, 0.2) is 42.5 Å². The van der Waals surface area contributed by atoms with E-state index >= 15 is 0 Å². The molecule has 0 radical (unpaired) electrons. The van der Waals surface area contributed by atoms with E-state index in [-0.39, 0.29) is 17.7 Å². The Morgan fingerprint density at radius 1 is 1.07 bits per heavy atom. The molecular weight excluding hydrogens is 374 g/mol. The smallest absolute Gasteiger partial charge is 0.367 e. The van der Waals surface area contributed by atoms with Gasteiger partial charge in [-0.2, -0.15) is 13.2 Å². The number of likely N-dealkylation sites (N-methyl/N-ethyl adjacent to an activating group) is 1. The number of alkyl halides is 3. The number of amides is 1. The van der Waals surface area contributed by atoms with E-state index in [2.05, 4.69) is 10.2 Å². The molecule has 1 fully saturated rings. The van der Waals surface area contributed by atoms with Crippen molar-refractivity contribution in [3.63, 3.8) is 0 Å². The second-order valence-corrected chi connectivity index (χ2v) is 6.84. The Hall–Kier alpha value is -2.61. The minimum absolute atomic E-state index is 0.0840. The number of rotatable bonds is 4. The van der Waals surface area contributed by atoms with Crippen molar-refractivity contribution < 1.29 is 22.4 Å². The molecule has 0 aliphatic carbocycles. The molecule has 1 heterocycles. The van der Waals surface area contributed by atoms with Gasteiger partial charge in [0.05, 0.1) is 23.4 Å². The van der Waals surface area contributed by atoms with Crippen molar-refractivity contribution in [2.45, 2.75) is 12.6 Å². The molecule has 0 aromatic heterocycles. The Kier molecular flexibility index (Phi) is 5.88. The van der Waals surface area contributed by atoms with Gasteiger partial charge in [-0.3, -0.25) is 4.79 Å². The standard InChI is InChI=1S/C20H21F4N3O/c1-26-8-10-27(11-9-26)18-7-6-15(20(22,23)24)13-17(18)25-19(28)12-14-4-2-3-5-16(14)21/h2-7,13H,8-12H2,1H3,(H,25,28). The summed E-state index contributed by atoms with van der Waals surface area (Å²) in [5.41, 5.74) is -0.0385. The van der Waals surface area contributed by atoms with Crippen LogP contribution in [0.5, 0.6) is 0 Å². The Balaban J connectivity index is 1.85. The van der Waals surface area contributed by atoms with Crippen LogP contribution in [-0.2, 0) is 17.4 Å². The van der Waals surface area contributed by atoms with E-state index in [0.717, 1.165) is 25.2 Å². The maximum Gasteiger partial charge on any atom is 0.416 e. The minimum atomic E-state index is -4.52. The third kappa shape index (κ3) is 4.81. The topological polar surface area (TPSA) is 35.6 Å². The highest BCUT2D eigenvalue weighted by atomic mass is 19.4. The van der Waals surface area contributed by atoms with Crippen molar-refractivity contribution >= 4 is 17.3 Å². The van der Waals surface area contributed by atoms with Crippen LogP contribution in [-0.4, -0.2) is 44.0 Å². The summed E-state index contributed by atoms with van der Waals surface area (Å²) in [4.78, 5) is 16.5. The molecular formula is C20H21F4N3O. The Morgan fingerprint density at radius 3 is 2.39 bits per heavy atom. The summed E-state index contributed by atoms with van der Waals surface area (Å²) >= 11 is 0. The van der Waals surface area contributed by atoms with Crippen molar-refractivity contribution in [2.24, 2.45) is 0 Å². The molecule has 3 rings (SSSR count). The maximum atomic E-state index is 13.8. The normalized spacial score (nSPS) is 15.5. The number of halogens is 4. The summed E-state index contributed by atoms with van der Waals surface area (Å²) in [6.07, 6.45) is -4.78. The molecule has 1 aliphatic heterocycles. The Morgan fingerprint density at radius 2 is 1.75 bits per heavy atom. The van der Waals surface area contributed by atoms with E-state index in [0.29, 0.717) is 18.8 Å². The first kappa shape index (κ1) is 20.1. The van der Waals surface area contributed by atoms with E-state index in [1.165, 1.54) is 24.3 Å². The average Bonchev–Trinajstić information content (AvgIpc) is 2.64. The first-order valence-electron chi connectivity index (χ1n) is 8.92. The number of anilines is 2. The lowest BCUT2D eigenvalue weighted by molar-refractivity contribution is -0.137. The van der Waals surface area contributed by atoms with E-state index in [1.807, 2.05) is 11.9 Å². The van der Waals surface area contributed by atoms with Crippen molar-refractivity contribution in [3.8, 4) is 0 Å². The van der Waals surface area contributed by atoms with Gasteiger partial charge in [0.25, 0.3) is 0 Å². The van der Waals surface area contributed by atoms with Crippen LogP contribution in [0, 0.1) is 5.82 Å². The van der Waals surface area contributed by atoms with Gasteiger partial charge in [0.1, 0.15) is 5.82 Å².